The van der Waals surface area contributed by atoms with Crippen LogP contribution in [0.1, 0.15) is 6.99 Å². The van der Waals surface area contributed by atoms with Gasteiger partial charge in [0, 0.05) is 6.99 Å². The Morgan fingerprint density at radius 1 is 1.25 bits per heavy atom. The highest BCUT2D eigenvalue weighted by atomic mass is 16.5. The molecular formula is C9H10O3. The fraction of sp³-hybridized carbons (Fsp3) is 0.111. The normalized spacial score (nSPS) is 13.1. The predicted molar refractivity (Wildman–Crippen MR) is 44.9 cm³/mol. The highest BCUT2D eigenvalue weighted by Crippen LogP contribution is 2.33. The van der Waals surface area contributed by atoms with Crippen molar-refractivity contribution in [3.05, 3.63) is 36.3 Å². The van der Waals surface area contributed by atoms with Crippen LogP contribution in [0.5, 0.6) is 11.5 Å². The Morgan fingerprint density at radius 3 is 2.92 bits per heavy atom. The van der Waals surface area contributed by atoms with E-state index in [0.717, 1.165) is 5.56 Å². The minimum atomic E-state index is -0.0413. The second kappa shape index (κ2) is 2.87. The van der Waals surface area contributed by atoms with Crippen molar-refractivity contribution in [2.45, 2.75) is 6.61 Å². The maximum atomic E-state index is 8.93. The Bertz CT molecular complexity index is 323. The fourth-order valence-corrected chi connectivity index (χ4v) is 1.11. The van der Waals surface area contributed by atoms with Crippen molar-refractivity contribution in [1.29, 1.82) is 0 Å². The van der Waals surface area contributed by atoms with E-state index in [-0.39, 0.29) is 8.03 Å². The topological polar surface area (TPSA) is 38.7 Å². The monoisotopic (exact) mass is 166 g/mol. The lowest BCUT2D eigenvalue weighted by atomic mass is 10.2. The number of ether oxygens (including phenoxy) is 2. The zero-order chi connectivity index (χ0) is 8.39. The standard InChI is InChI=1S/C9H8O3.H2/c10-6-7-2-1-3-8-9(7)12-5-4-11-8;/h1-5,10H,6H2;1H. The first-order valence-corrected chi connectivity index (χ1v) is 3.63. The molecule has 2 rings (SSSR count). The first-order chi connectivity index (χ1) is 5.92. The van der Waals surface area contributed by atoms with Crippen LogP contribution in [0.4, 0.5) is 0 Å². The molecular weight excluding hydrogens is 156 g/mol. The lowest BCUT2D eigenvalue weighted by Crippen LogP contribution is -1.99. The molecule has 0 saturated heterocycles. The summed E-state index contributed by atoms with van der Waals surface area (Å²) in [6, 6.07) is 5.40. The maximum absolute atomic E-state index is 8.93. The summed E-state index contributed by atoms with van der Waals surface area (Å²) in [5, 5.41) is 8.93. The third kappa shape index (κ3) is 1.04. The second-order valence-corrected chi connectivity index (χ2v) is 2.41. The van der Waals surface area contributed by atoms with Crippen molar-refractivity contribution >= 4 is 0 Å². The third-order valence-corrected chi connectivity index (χ3v) is 1.67. The molecule has 64 valence electrons. The second-order valence-electron chi connectivity index (χ2n) is 2.41. The molecule has 3 nitrogen and oxygen atoms in total. The number of benzene rings is 1. The van der Waals surface area contributed by atoms with E-state index >= 15 is 0 Å². The summed E-state index contributed by atoms with van der Waals surface area (Å²) in [6.45, 7) is -0.0413. The summed E-state index contributed by atoms with van der Waals surface area (Å²) in [6.07, 6.45) is 2.91. The molecule has 1 heterocycles. The molecule has 0 bridgehead atoms. The Balaban J connectivity index is 0.000000845. The Morgan fingerprint density at radius 2 is 2.08 bits per heavy atom. The quantitative estimate of drug-likeness (QED) is 0.689. The van der Waals surface area contributed by atoms with E-state index in [9.17, 15) is 0 Å². The van der Waals surface area contributed by atoms with Crippen molar-refractivity contribution < 1.29 is 16.0 Å². The molecule has 1 aromatic rings. The number of fused-ring (bicyclic) bond motifs is 1. The molecule has 3 heteroatoms. The number of hydrogen-bond donors (Lipinski definition) is 1. The van der Waals surface area contributed by atoms with Crippen LogP contribution in [0.3, 0.4) is 0 Å². The molecule has 1 aliphatic rings. The molecule has 0 radical (unpaired) electrons. The summed E-state index contributed by atoms with van der Waals surface area (Å²) < 4.78 is 10.3. The van der Waals surface area contributed by atoms with Crippen LogP contribution in [0, 0.1) is 0 Å². The van der Waals surface area contributed by atoms with Crippen molar-refractivity contribution in [3.63, 3.8) is 0 Å². The minimum absolute atomic E-state index is 0. The largest absolute Gasteiger partial charge is 0.458 e. The van der Waals surface area contributed by atoms with E-state index in [4.69, 9.17) is 14.6 Å². The molecule has 1 aliphatic heterocycles. The zero-order valence-electron chi connectivity index (χ0n) is 6.36. The zero-order valence-corrected chi connectivity index (χ0v) is 6.36. The molecule has 1 aromatic carbocycles. The van der Waals surface area contributed by atoms with Crippen LogP contribution in [-0.2, 0) is 6.61 Å². The van der Waals surface area contributed by atoms with Crippen molar-refractivity contribution in [2.24, 2.45) is 0 Å². The van der Waals surface area contributed by atoms with Gasteiger partial charge >= 0.3 is 0 Å². The van der Waals surface area contributed by atoms with Gasteiger partial charge in [0.05, 0.1) is 6.61 Å². The Labute approximate surface area is 71.3 Å². The molecule has 0 fully saturated rings. The van der Waals surface area contributed by atoms with Gasteiger partial charge in [-0.25, -0.2) is 0 Å². The van der Waals surface area contributed by atoms with Gasteiger partial charge in [-0.15, -0.1) is 0 Å². The first kappa shape index (κ1) is 7.18. The molecule has 1 N–H and O–H groups in total. The molecule has 12 heavy (non-hydrogen) atoms. The molecule has 0 amide bonds. The van der Waals surface area contributed by atoms with E-state index in [1.165, 1.54) is 12.5 Å². The van der Waals surface area contributed by atoms with Crippen molar-refractivity contribution in [3.8, 4) is 11.5 Å². The molecule has 0 aliphatic carbocycles. The summed E-state index contributed by atoms with van der Waals surface area (Å²) >= 11 is 0. The van der Waals surface area contributed by atoms with Gasteiger partial charge in [0.1, 0.15) is 12.5 Å². The Hall–Kier alpha value is -1.48. The van der Waals surface area contributed by atoms with Crippen LogP contribution in [0.25, 0.3) is 0 Å². The van der Waals surface area contributed by atoms with Crippen molar-refractivity contribution in [2.75, 3.05) is 0 Å². The van der Waals surface area contributed by atoms with Gasteiger partial charge in [-0.05, 0) is 6.07 Å². The van der Waals surface area contributed by atoms with E-state index in [1.807, 2.05) is 6.07 Å². The van der Waals surface area contributed by atoms with Crippen LogP contribution >= 0.6 is 0 Å². The highest BCUT2D eigenvalue weighted by molar-refractivity contribution is 5.48. The first-order valence-electron chi connectivity index (χ1n) is 3.63. The number of aliphatic hydroxyl groups is 1. The highest BCUT2D eigenvalue weighted by Gasteiger charge is 2.11. The Kier molecular flexibility index (Phi) is 1.72. The van der Waals surface area contributed by atoms with E-state index < -0.39 is 0 Å². The lowest BCUT2D eigenvalue weighted by Gasteiger charge is -2.14. The minimum Gasteiger partial charge on any atom is -0.458 e. The molecule has 0 atom stereocenters. The number of aliphatic hydroxyl groups excluding tert-OH is 1. The predicted octanol–water partition coefficient (Wildman–Crippen LogP) is 1.67. The van der Waals surface area contributed by atoms with Crippen LogP contribution in [0.15, 0.2) is 30.7 Å². The van der Waals surface area contributed by atoms with Gasteiger partial charge in [-0.3, -0.25) is 0 Å². The van der Waals surface area contributed by atoms with Gasteiger partial charge < -0.3 is 14.6 Å². The fourth-order valence-electron chi connectivity index (χ4n) is 1.11. The van der Waals surface area contributed by atoms with Crippen LogP contribution in [-0.4, -0.2) is 5.11 Å². The average Bonchev–Trinajstić information content (AvgIpc) is 2.17. The molecule has 0 unspecified atom stereocenters. The van der Waals surface area contributed by atoms with Crippen LogP contribution in [0.2, 0.25) is 0 Å². The number of hydrogen-bond acceptors (Lipinski definition) is 3. The number of rotatable bonds is 1. The SMILES string of the molecule is OCc1cccc2c1OC=CO2.[HH]. The van der Waals surface area contributed by atoms with Crippen molar-refractivity contribution in [1.82, 2.24) is 0 Å². The van der Waals surface area contributed by atoms with E-state index in [2.05, 4.69) is 0 Å². The van der Waals surface area contributed by atoms with Gasteiger partial charge in [0.2, 0.25) is 0 Å². The van der Waals surface area contributed by atoms with Gasteiger partial charge in [-0.1, -0.05) is 12.1 Å². The summed E-state index contributed by atoms with van der Waals surface area (Å²) in [5.74, 6) is 1.24. The summed E-state index contributed by atoms with van der Waals surface area (Å²) in [7, 11) is 0. The smallest absolute Gasteiger partial charge is 0.174 e. The van der Waals surface area contributed by atoms with Gasteiger partial charge in [0.15, 0.2) is 11.5 Å². The molecule has 0 aromatic heterocycles. The number of para-hydroxylation sites is 1. The summed E-state index contributed by atoms with van der Waals surface area (Å²) in [5.41, 5.74) is 0.733. The van der Waals surface area contributed by atoms with Gasteiger partial charge in [0.25, 0.3) is 0 Å². The lowest BCUT2D eigenvalue weighted by molar-refractivity contribution is 0.271. The van der Waals surface area contributed by atoms with E-state index in [1.54, 1.807) is 12.1 Å². The van der Waals surface area contributed by atoms with Gasteiger partial charge in [-0.2, -0.15) is 0 Å². The summed E-state index contributed by atoms with van der Waals surface area (Å²) in [4.78, 5) is 0. The maximum Gasteiger partial charge on any atom is 0.174 e. The van der Waals surface area contributed by atoms with Crippen LogP contribution < -0.4 is 9.47 Å². The molecule has 0 saturated carbocycles. The third-order valence-electron chi connectivity index (χ3n) is 1.67. The van der Waals surface area contributed by atoms with E-state index in [0.29, 0.717) is 11.5 Å². The molecule has 0 spiro atoms. The average molecular weight is 166 g/mol.